The second-order valence-corrected chi connectivity index (χ2v) is 1.77. The van der Waals surface area contributed by atoms with Crippen LogP contribution in [0.5, 0.6) is 0 Å². The molecule has 0 aliphatic carbocycles. The Hall–Kier alpha value is -0.500. The number of hydrogen-bond acceptors (Lipinski definition) is 2. The molecule has 0 rings (SSSR count). The molecule has 0 radical (unpaired) electrons. The summed E-state index contributed by atoms with van der Waals surface area (Å²) in [4.78, 5) is 9.95. The highest BCUT2D eigenvalue weighted by Crippen LogP contribution is 1.90. The van der Waals surface area contributed by atoms with Crippen LogP contribution in [0.15, 0.2) is 12.3 Å². The van der Waals surface area contributed by atoms with E-state index in [0.717, 1.165) is 0 Å². The van der Waals surface area contributed by atoms with Gasteiger partial charge in [0.05, 0.1) is 5.76 Å². The van der Waals surface area contributed by atoms with Gasteiger partial charge in [-0.3, -0.25) is 4.79 Å². The molecule has 8 heavy (non-hydrogen) atoms. The van der Waals surface area contributed by atoms with Crippen LogP contribution in [0.1, 0.15) is 6.92 Å². The first-order valence-electron chi connectivity index (χ1n) is 2.09. The summed E-state index contributed by atoms with van der Waals surface area (Å²) >= 11 is 4.92. The second-order valence-electron chi connectivity index (χ2n) is 1.35. The van der Waals surface area contributed by atoms with Crippen LogP contribution in [0.3, 0.4) is 0 Å². The van der Waals surface area contributed by atoms with E-state index in [1.807, 2.05) is 0 Å². The van der Waals surface area contributed by atoms with E-state index in [-0.39, 0.29) is 6.61 Å². The molecule has 0 atom stereocenters. The Balaban J connectivity index is 3.18. The van der Waals surface area contributed by atoms with Gasteiger partial charge in [0.15, 0.2) is 6.61 Å². The van der Waals surface area contributed by atoms with Crippen molar-refractivity contribution in [1.29, 1.82) is 0 Å². The van der Waals surface area contributed by atoms with Gasteiger partial charge in [-0.15, -0.1) is 0 Å². The zero-order valence-electron chi connectivity index (χ0n) is 4.61. The van der Waals surface area contributed by atoms with Crippen LogP contribution in [0, 0.1) is 0 Å². The summed E-state index contributed by atoms with van der Waals surface area (Å²) in [7, 11) is 0. The quantitative estimate of drug-likeness (QED) is 0.430. The smallest absolute Gasteiger partial charge is 0.259 e. The number of carbonyl (C=O) groups excluding carboxylic acids is 1. The Kier molecular flexibility index (Phi) is 3.28. The van der Waals surface area contributed by atoms with Gasteiger partial charge in [-0.05, 0) is 18.5 Å². The molecule has 0 aliphatic heterocycles. The number of hydrogen-bond donors (Lipinski definition) is 0. The van der Waals surface area contributed by atoms with Crippen molar-refractivity contribution >= 4 is 16.8 Å². The summed E-state index contributed by atoms with van der Waals surface area (Å²) in [6, 6.07) is 0. The first kappa shape index (κ1) is 7.50. The molecular formula is C5H7ClO2. The lowest BCUT2D eigenvalue weighted by molar-refractivity contribution is -0.114. The van der Waals surface area contributed by atoms with Crippen LogP contribution in [0.2, 0.25) is 0 Å². The predicted molar refractivity (Wildman–Crippen MR) is 31.6 cm³/mol. The molecule has 0 saturated carbocycles. The third kappa shape index (κ3) is 5.50. The molecule has 0 aliphatic rings. The zero-order chi connectivity index (χ0) is 6.57. The minimum absolute atomic E-state index is 0.0864. The van der Waals surface area contributed by atoms with Crippen molar-refractivity contribution < 1.29 is 9.53 Å². The van der Waals surface area contributed by atoms with Crippen LogP contribution < -0.4 is 0 Å². The van der Waals surface area contributed by atoms with Gasteiger partial charge in [0.1, 0.15) is 0 Å². The molecule has 0 aromatic heterocycles. The molecule has 0 saturated heterocycles. The van der Waals surface area contributed by atoms with Crippen LogP contribution in [0.25, 0.3) is 0 Å². The Morgan fingerprint density at radius 2 is 2.38 bits per heavy atom. The van der Waals surface area contributed by atoms with Crippen molar-refractivity contribution in [2.75, 3.05) is 6.61 Å². The van der Waals surface area contributed by atoms with Crippen molar-refractivity contribution in [3.8, 4) is 0 Å². The van der Waals surface area contributed by atoms with Gasteiger partial charge in [0.25, 0.3) is 5.24 Å². The monoisotopic (exact) mass is 134 g/mol. The number of halogens is 1. The first-order valence-corrected chi connectivity index (χ1v) is 2.47. The lowest BCUT2D eigenvalue weighted by atomic mass is 10.6. The lowest BCUT2D eigenvalue weighted by Gasteiger charge is -1.97. The third-order valence-electron chi connectivity index (χ3n) is 0.432. The molecular weight excluding hydrogens is 128 g/mol. The van der Waals surface area contributed by atoms with Crippen molar-refractivity contribution in [3.05, 3.63) is 12.3 Å². The maximum absolute atomic E-state index is 9.95. The van der Waals surface area contributed by atoms with E-state index in [9.17, 15) is 4.79 Å². The lowest BCUT2D eigenvalue weighted by Crippen LogP contribution is -1.98. The number of ether oxygens (including phenoxy) is 1. The van der Waals surface area contributed by atoms with E-state index in [1.165, 1.54) is 0 Å². The van der Waals surface area contributed by atoms with Crippen molar-refractivity contribution in [2.45, 2.75) is 6.92 Å². The molecule has 2 nitrogen and oxygen atoms in total. The summed E-state index contributed by atoms with van der Waals surface area (Å²) in [6.07, 6.45) is 0. The standard InChI is InChI=1S/C5H7ClO2/c1-4(2)8-3-5(6)7/h1,3H2,2H3. The third-order valence-corrected chi connectivity index (χ3v) is 0.541. The average Bonchev–Trinajstić information content (AvgIpc) is 1.61. The minimum Gasteiger partial charge on any atom is -0.490 e. The molecule has 3 heteroatoms. The van der Waals surface area contributed by atoms with E-state index in [1.54, 1.807) is 6.92 Å². The molecule has 0 fully saturated rings. The van der Waals surface area contributed by atoms with Gasteiger partial charge in [-0.1, -0.05) is 6.58 Å². The maximum Gasteiger partial charge on any atom is 0.259 e. The van der Waals surface area contributed by atoms with Crippen molar-refractivity contribution in [2.24, 2.45) is 0 Å². The van der Waals surface area contributed by atoms with Crippen LogP contribution in [-0.2, 0) is 9.53 Å². The summed E-state index contributed by atoms with van der Waals surface area (Å²) in [6.45, 7) is 4.96. The normalized spacial score (nSPS) is 8.25. The van der Waals surface area contributed by atoms with E-state index in [2.05, 4.69) is 11.3 Å². The van der Waals surface area contributed by atoms with E-state index in [4.69, 9.17) is 11.6 Å². The van der Waals surface area contributed by atoms with Crippen LogP contribution in [-0.4, -0.2) is 11.8 Å². The summed E-state index contributed by atoms with van der Waals surface area (Å²) in [5.41, 5.74) is 0. The van der Waals surface area contributed by atoms with Gasteiger partial charge in [-0.25, -0.2) is 0 Å². The van der Waals surface area contributed by atoms with Crippen molar-refractivity contribution in [3.63, 3.8) is 0 Å². The molecule has 0 N–H and O–H groups in total. The van der Waals surface area contributed by atoms with Gasteiger partial charge in [0.2, 0.25) is 0 Å². The molecule has 46 valence electrons. The summed E-state index contributed by atoms with van der Waals surface area (Å²) in [5.74, 6) is 0.499. The molecule has 0 amide bonds. The van der Waals surface area contributed by atoms with Crippen LogP contribution in [0.4, 0.5) is 0 Å². The fraction of sp³-hybridized carbons (Fsp3) is 0.400. The topological polar surface area (TPSA) is 26.3 Å². The number of allylic oxidation sites excluding steroid dienone is 1. The van der Waals surface area contributed by atoms with E-state index >= 15 is 0 Å². The second kappa shape index (κ2) is 3.50. The molecule has 0 bridgehead atoms. The Bertz CT molecular complexity index is 95.0. The number of carbonyl (C=O) groups is 1. The SMILES string of the molecule is C=C(C)OCC(=O)Cl. The first-order chi connectivity index (χ1) is 3.63. The molecule has 0 aromatic rings. The molecule has 0 heterocycles. The molecule has 0 aromatic carbocycles. The molecule has 0 spiro atoms. The minimum atomic E-state index is -0.506. The highest BCUT2D eigenvalue weighted by Gasteiger charge is 1.92. The van der Waals surface area contributed by atoms with E-state index in [0.29, 0.717) is 5.76 Å². The summed E-state index contributed by atoms with van der Waals surface area (Å²) < 4.78 is 4.63. The summed E-state index contributed by atoms with van der Waals surface area (Å²) in [5, 5.41) is -0.506. The fourth-order valence-corrected chi connectivity index (χ4v) is 0.234. The van der Waals surface area contributed by atoms with E-state index < -0.39 is 5.24 Å². The van der Waals surface area contributed by atoms with Crippen LogP contribution >= 0.6 is 11.6 Å². The van der Waals surface area contributed by atoms with Crippen molar-refractivity contribution in [1.82, 2.24) is 0 Å². The number of rotatable bonds is 3. The van der Waals surface area contributed by atoms with Gasteiger partial charge in [-0.2, -0.15) is 0 Å². The van der Waals surface area contributed by atoms with Gasteiger partial charge in [0, 0.05) is 0 Å². The highest BCUT2D eigenvalue weighted by molar-refractivity contribution is 6.63. The zero-order valence-corrected chi connectivity index (χ0v) is 5.36. The Morgan fingerprint density at radius 3 is 2.50 bits per heavy atom. The van der Waals surface area contributed by atoms with Gasteiger partial charge < -0.3 is 4.74 Å². The fourth-order valence-electron chi connectivity index (χ4n) is 0.180. The Morgan fingerprint density at radius 1 is 1.88 bits per heavy atom. The largest absolute Gasteiger partial charge is 0.490 e. The molecule has 0 unspecified atom stereocenters. The average molecular weight is 135 g/mol. The Labute approximate surface area is 53.1 Å². The van der Waals surface area contributed by atoms with Gasteiger partial charge >= 0.3 is 0 Å². The predicted octanol–water partition coefficient (Wildman–Crippen LogP) is 1.30. The highest BCUT2D eigenvalue weighted by atomic mass is 35.5. The maximum atomic E-state index is 9.95.